The van der Waals surface area contributed by atoms with E-state index in [0.29, 0.717) is 13.0 Å². The molecular formula is C21H23FO3. The molecule has 0 heterocycles. The van der Waals surface area contributed by atoms with Crippen LogP contribution in [-0.4, -0.2) is 24.4 Å². The van der Waals surface area contributed by atoms with Crippen LogP contribution in [-0.2, 0) is 4.79 Å². The SMILES string of the molecule is O=C(O)C=Cc1ccc(-c2ccc(OCCCCCCF)cc2)cc1. The topological polar surface area (TPSA) is 46.5 Å². The van der Waals surface area contributed by atoms with Crippen molar-refractivity contribution in [1.29, 1.82) is 0 Å². The molecule has 0 aliphatic heterocycles. The van der Waals surface area contributed by atoms with Crippen LogP contribution in [0.1, 0.15) is 31.2 Å². The summed E-state index contributed by atoms with van der Waals surface area (Å²) in [6.45, 7) is 0.412. The number of aliphatic carboxylic acids is 1. The summed E-state index contributed by atoms with van der Waals surface area (Å²) in [7, 11) is 0. The number of carbonyl (C=O) groups is 1. The van der Waals surface area contributed by atoms with E-state index >= 15 is 0 Å². The number of rotatable bonds is 10. The smallest absolute Gasteiger partial charge is 0.328 e. The lowest BCUT2D eigenvalue weighted by atomic mass is 10.0. The molecule has 0 fully saturated rings. The highest BCUT2D eigenvalue weighted by molar-refractivity contribution is 5.85. The fourth-order valence-electron chi connectivity index (χ4n) is 2.44. The Morgan fingerprint density at radius 3 is 2.12 bits per heavy atom. The Morgan fingerprint density at radius 1 is 0.920 bits per heavy atom. The molecule has 132 valence electrons. The first-order valence-electron chi connectivity index (χ1n) is 8.49. The molecule has 0 amide bonds. The third-order valence-electron chi connectivity index (χ3n) is 3.81. The zero-order valence-electron chi connectivity index (χ0n) is 14.2. The molecule has 3 nitrogen and oxygen atoms in total. The lowest BCUT2D eigenvalue weighted by molar-refractivity contribution is -0.131. The van der Waals surface area contributed by atoms with Gasteiger partial charge in [0.2, 0.25) is 0 Å². The van der Waals surface area contributed by atoms with Crippen molar-refractivity contribution in [2.75, 3.05) is 13.3 Å². The maximum atomic E-state index is 12.0. The molecule has 2 rings (SSSR count). The molecule has 0 bridgehead atoms. The van der Waals surface area contributed by atoms with Crippen LogP contribution in [0.4, 0.5) is 4.39 Å². The Labute approximate surface area is 147 Å². The number of carboxylic acids is 1. The summed E-state index contributed by atoms with van der Waals surface area (Å²) >= 11 is 0. The van der Waals surface area contributed by atoms with Crippen molar-refractivity contribution in [1.82, 2.24) is 0 Å². The van der Waals surface area contributed by atoms with Crippen molar-refractivity contribution in [2.24, 2.45) is 0 Å². The Bertz CT molecular complexity index is 675. The van der Waals surface area contributed by atoms with Gasteiger partial charge < -0.3 is 9.84 Å². The highest BCUT2D eigenvalue weighted by Crippen LogP contribution is 2.23. The molecule has 2 aromatic carbocycles. The quantitative estimate of drug-likeness (QED) is 0.467. The van der Waals surface area contributed by atoms with Crippen LogP contribution in [0.15, 0.2) is 54.6 Å². The van der Waals surface area contributed by atoms with E-state index in [1.54, 1.807) is 6.08 Å². The van der Waals surface area contributed by atoms with Crippen molar-refractivity contribution in [3.8, 4) is 16.9 Å². The summed E-state index contributed by atoms with van der Waals surface area (Å²) in [5, 5.41) is 8.64. The van der Waals surface area contributed by atoms with E-state index in [1.165, 1.54) is 0 Å². The number of ether oxygens (including phenoxy) is 1. The molecule has 0 radical (unpaired) electrons. The second-order valence-electron chi connectivity index (χ2n) is 5.77. The summed E-state index contributed by atoms with van der Waals surface area (Å²) in [6, 6.07) is 15.6. The van der Waals surface area contributed by atoms with Crippen LogP contribution in [0.3, 0.4) is 0 Å². The summed E-state index contributed by atoms with van der Waals surface area (Å²) in [5.74, 6) is -0.127. The largest absolute Gasteiger partial charge is 0.494 e. The van der Waals surface area contributed by atoms with Crippen molar-refractivity contribution in [3.05, 3.63) is 60.2 Å². The number of carboxylic acid groups (broad SMARTS) is 1. The third kappa shape index (κ3) is 6.79. The lowest BCUT2D eigenvalue weighted by Gasteiger charge is -2.07. The van der Waals surface area contributed by atoms with Crippen LogP contribution in [0, 0.1) is 0 Å². The van der Waals surface area contributed by atoms with E-state index in [9.17, 15) is 9.18 Å². The summed E-state index contributed by atoms with van der Waals surface area (Å²) in [5.41, 5.74) is 2.98. The minimum absolute atomic E-state index is 0.237. The molecule has 0 saturated heterocycles. The predicted octanol–water partition coefficient (Wildman–Crippen LogP) is 5.36. The molecule has 4 heteroatoms. The van der Waals surface area contributed by atoms with E-state index < -0.39 is 5.97 Å². The van der Waals surface area contributed by atoms with Gasteiger partial charge >= 0.3 is 5.97 Å². The Morgan fingerprint density at radius 2 is 1.52 bits per heavy atom. The van der Waals surface area contributed by atoms with E-state index in [0.717, 1.165) is 47.8 Å². The first-order valence-corrected chi connectivity index (χ1v) is 8.49. The molecule has 2 aromatic rings. The van der Waals surface area contributed by atoms with Gasteiger partial charge in [0, 0.05) is 6.08 Å². The average molecular weight is 342 g/mol. The van der Waals surface area contributed by atoms with Gasteiger partial charge in [-0.25, -0.2) is 4.79 Å². The monoisotopic (exact) mass is 342 g/mol. The molecule has 0 unspecified atom stereocenters. The second-order valence-corrected chi connectivity index (χ2v) is 5.77. The zero-order valence-corrected chi connectivity index (χ0v) is 14.2. The van der Waals surface area contributed by atoms with Gasteiger partial charge in [0.05, 0.1) is 13.3 Å². The number of hydrogen-bond acceptors (Lipinski definition) is 2. The first kappa shape index (κ1) is 18.7. The molecule has 0 aliphatic rings. The van der Waals surface area contributed by atoms with Crippen LogP contribution in [0.5, 0.6) is 5.75 Å². The van der Waals surface area contributed by atoms with Gasteiger partial charge in [-0.05, 0) is 54.2 Å². The number of halogens is 1. The van der Waals surface area contributed by atoms with E-state index in [-0.39, 0.29) is 6.67 Å². The van der Waals surface area contributed by atoms with Gasteiger partial charge in [-0.2, -0.15) is 0 Å². The van der Waals surface area contributed by atoms with Crippen LogP contribution in [0.25, 0.3) is 17.2 Å². The standard InChI is InChI=1S/C21H23FO3/c22-15-3-1-2-4-16-25-20-12-10-19(11-13-20)18-8-5-17(6-9-18)7-14-21(23)24/h5-14H,1-4,15-16H2,(H,23,24). The van der Waals surface area contributed by atoms with E-state index in [2.05, 4.69) is 0 Å². The van der Waals surface area contributed by atoms with E-state index in [4.69, 9.17) is 9.84 Å². The molecule has 0 aromatic heterocycles. The maximum absolute atomic E-state index is 12.0. The number of hydrogen-bond donors (Lipinski definition) is 1. The predicted molar refractivity (Wildman–Crippen MR) is 98.5 cm³/mol. The molecule has 25 heavy (non-hydrogen) atoms. The third-order valence-corrected chi connectivity index (χ3v) is 3.81. The molecular weight excluding hydrogens is 319 g/mol. The van der Waals surface area contributed by atoms with Crippen molar-refractivity contribution in [2.45, 2.75) is 25.7 Å². The molecule has 0 spiro atoms. The van der Waals surface area contributed by atoms with Crippen molar-refractivity contribution in [3.63, 3.8) is 0 Å². The zero-order chi connectivity index (χ0) is 17.9. The average Bonchev–Trinajstić information content (AvgIpc) is 2.64. The lowest BCUT2D eigenvalue weighted by Crippen LogP contribution is -1.97. The number of unbranched alkanes of at least 4 members (excludes halogenated alkanes) is 3. The van der Waals surface area contributed by atoms with Crippen molar-refractivity contribution >= 4 is 12.0 Å². The highest BCUT2D eigenvalue weighted by Gasteiger charge is 2.00. The van der Waals surface area contributed by atoms with Crippen LogP contribution >= 0.6 is 0 Å². The van der Waals surface area contributed by atoms with E-state index in [1.807, 2.05) is 48.5 Å². The summed E-state index contributed by atoms with van der Waals surface area (Å²) in [4.78, 5) is 10.5. The fraction of sp³-hybridized carbons (Fsp3) is 0.286. The minimum atomic E-state index is -0.956. The van der Waals surface area contributed by atoms with Crippen LogP contribution in [0.2, 0.25) is 0 Å². The molecule has 0 aliphatic carbocycles. The normalized spacial score (nSPS) is 10.9. The molecule has 0 atom stereocenters. The van der Waals surface area contributed by atoms with Gasteiger partial charge in [-0.15, -0.1) is 0 Å². The highest BCUT2D eigenvalue weighted by atomic mass is 19.1. The Kier molecular flexibility index (Phi) is 7.70. The number of alkyl halides is 1. The summed E-state index contributed by atoms with van der Waals surface area (Å²) < 4.78 is 17.7. The minimum Gasteiger partial charge on any atom is -0.494 e. The second kappa shape index (κ2) is 10.3. The Hall–Kier alpha value is -2.62. The summed E-state index contributed by atoms with van der Waals surface area (Å²) in [6.07, 6.45) is 6.17. The molecule has 1 N–H and O–H groups in total. The van der Waals surface area contributed by atoms with Crippen LogP contribution < -0.4 is 4.74 Å². The first-order chi connectivity index (χ1) is 12.2. The van der Waals surface area contributed by atoms with Gasteiger partial charge in [-0.1, -0.05) is 42.8 Å². The fourth-order valence-corrected chi connectivity index (χ4v) is 2.44. The van der Waals surface area contributed by atoms with Gasteiger partial charge in [0.15, 0.2) is 0 Å². The van der Waals surface area contributed by atoms with Gasteiger partial charge in [-0.3, -0.25) is 4.39 Å². The van der Waals surface area contributed by atoms with Gasteiger partial charge in [0.1, 0.15) is 5.75 Å². The molecule has 0 saturated carbocycles. The Balaban J connectivity index is 1.86. The maximum Gasteiger partial charge on any atom is 0.328 e. The van der Waals surface area contributed by atoms with Gasteiger partial charge in [0.25, 0.3) is 0 Å². The van der Waals surface area contributed by atoms with Crippen molar-refractivity contribution < 1.29 is 19.0 Å². The number of benzene rings is 2.